The lowest BCUT2D eigenvalue weighted by molar-refractivity contribution is 0.529. The number of hydrogen-bond acceptors (Lipinski definition) is 3. The van der Waals surface area contributed by atoms with Crippen molar-refractivity contribution in [3.63, 3.8) is 0 Å². The first kappa shape index (κ1) is 14.9. The van der Waals surface area contributed by atoms with E-state index in [0.717, 1.165) is 6.42 Å². The number of nitrogens with two attached hydrogens (primary N) is 1. The quantitative estimate of drug-likeness (QED) is 0.664. The van der Waals surface area contributed by atoms with Crippen molar-refractivity contribution in [2.75, 3.05) is 5.73 Å². The van der Waals surface area contributed by atoms with Crippen LogP contribution in [-0.4, -0.2) is 10.2 Å². The average molecular weight is 249 g/mol. The highest BCUT2D eigenvalue weighted by atomic mass is 15.1. The van der Waals surface area contributed by atoms with Crippen LogP contribution in [0.2, 0.25) is 0 Å². The molecule has 0 spiro atoms. The molecule has 0 bridgehead atoms. The Kier molecular flexibility index (Phi) is 7.38. The van der Waals surface area contributed by atoms with E-state index in [0.29, 0.717) is 11.7 Å². The van der Waals surface area contributed by atoms with Crippen LogP contribution in [0.1, 0.15) is 76.7 Å². The number of hydrogen-bond donors (Lipinski definition) is 1. The second-order valence-electron chi connectivity index (χ2n) is 5.03. The van der Waals surface area contributed by atoms with Gasteiger partial charge in [-0.25, -0.2) is 0 Å². The van der Waals surface area contributed by atoms with Gasteiger partial charge in [0.05, 0.1) is 6.20 Å². The predicted molar refractivity (Wildman–Crippen MR) is 77.5 cm³/mol. The van der Waals surface area contributed by atoms with Crippen LogP contribution in [0.15, 0.2) is 12.3 Å². The molecule has 2 N–H and O–H groups in total. The molecule has 3 heteroatoms. The summed E-state index contributed by atoms with van der Waals surface area (Å²) in [6.45, 7) is 4.48. The molecule has 1 aromatic rings. The first-order chi connectivity index (χ1) is 8.79. The van der Waals surface area contributed by atoms with Crippen molar-refractivity contribution in [1.29, 1.82) is 0 Å². The second kappa shape index (κ2) is 8.90. The minimum absolute atomic E-state index is 0.548. The molecule has 1 heterocycles. The topological polar surface area (TPSA) is 51.8 Å². The number of nitrogens with zero attached hydrogens (tertiary/aromatic N) is 2. The van der Waals surface area contributed by atoms with Gasteiger partial charge in [0.15, 0.2) is 0 Å². The van der Waals surface area contributed by atoms with E-state index in [9.17, 15) is 0 Å². The van der Waals surface area contributed by atoms with Crippen LogP contribution in [0.25, 0.3) is 0 Å². The highest BCUT2D eigenvalue weighted by molar-refractivity contribution is 5.39. The fourth-order valence-electron chi connectivity index (χ4n) is 2.45. The number of anilines is 1. The van der Waals surface area contributed by atoms with E-state index in [4.69, 9.17) is 5.73 Å². The van der Waals surface area contributed by atoms with E-state index in [1.807, 2.05) is 6.07 Å². The Bertz CT molecular complexity index is 325. The molecule has 1 rings (SSSR count). The zero-order valence-electron chi connectivity index (χ0n) is 11.9. The maximum absolute atomic E-state index is 5.89. The summed E-state index contributed by atoms with van der Waals surface area (Å²) in [5, 5.41) is 7.76. The Hall–Kier alpha value is -1.12. The van der Waals surface area contributed by atoms with Crippen molar-refractivity contribution < 1.29 is 0 Å². The zero-order chi connectivity index (χ0) is 13.2. The van der Waals surface area contributed by atoms with Gasteiger partial charge in [-0.1, -0.05) is 52.4 Å². The Labute approximate surface area is 111 Å². The van der Waals surface area contributed by atoms with Gasteiger partial charge in [0.1, 0.15) is 5.82 Å². The third kappa shape index (κ3) is 5.03. The minimum Gasteiger partial charge on any atom is -0.382 e. The molecule has 3 nitrogen and oxygen atoms in total. The third-order valence-corrected chi connectivity index (χ3v) is 3.62. The van der Waals surface area contributed by atoms with Gasteiger partial charge in [-0.15, -0.1) is 5.10 Å². The first-order valence-electron chi connectivity index (χ1n) is 7.36. The monoisotopic (exact) mass is 249 g/mol. The van der Waals surface area contributed by atoms with Crippen molar-refractivity contribution in [3.05, 3.63) is 17.8 Å². The molecule has 0 saturated heterocycles. The summed E-state index contributed by atoms with van der Waals surface area (Å²) in [6, 6.07) is 2.02. The van der Waals surface area contributed by atoms with Crippen LogP contribution in [0.5, 0.6) is 0 Å². The van der Waals surface area contributed by atoms with E-state index in [-0.39, 0.29) is 0 Å². The smallest absolute Gasteiger partial charge is 0.149 e. The Morgan fingerprint density at radius 3 is 2.50 bits per heavy atom. The van der Waals surface area contributed by atoms with Crippen LogP contribution in [0.4, 0.5) is 5.82 Å². The molecule has 1 unspecified atom stereocenters. The summed E-state index contributed by atoms with van der Waals surface area (Å²) in [7, 11) is 0. The Morgan fingerprint density at radius 1 is 1.11 bits per heavy atom. The van der Waals surface area contributed by atoms with E-state index in [1.54, 1.807) is 6.20 Å². The summed E-state index contributed by atoms with van der Waals surface area (Å²) in [5.74, 6) is 1.15. The van der Waals surface area contributed by atoms with Crippen LogP contribution >= 0.6 is 0 Å². The van der Waals surface area contributed by atoms with E-state index in [2.05, 4.69) is 24.0 Å². The van der Waals surface area contributed by atoms with Crippen LogP contribution in [-0.2, 0) is 0 Å². The molecule has 18 heavy (non-hydrogen) atoms. The van der Waals surface area contributed by atoms with Gasteiger partial charge >= 0.3 is 0 Å². The minimum atomic E-state index is 0.548. The van der Waals surface area contributed by atoms with Crippen LogP contribution in [0.3, 0.4) is 0 Å². The van der Waals surface area contributed by atoms with Crippen molar-refractivity contribution in [1.82, 2.24) is 10.2 Å². The Balaban J connectivity index is 2.32. The van der Waals surface area contributed by atoms with Crippen molar-refractivity contribution >= 4 is 5.82 Å². The SMILES string of the molecule is CCCCCCCCC(CC)c1ccnnc1N. The molecule has 0 aliphatic heterocycles. The molecule has 102 valence electrons. The lowest BCUT2D eigenvalue weighted by Gasteiger charge is -2.16. The van der Waals surface area contributed by atoms with E-state index >= 15 is 0 Å². The lowest BCUT2D eigenvalue weighted by Crippen LogP contribution is -2.05. The highest BCUT2D eigenvalue weighted by Crippen LogP contribution is 2.28. The molecule has 0 fully saturated rings. The normalized spacial score (nSPS) is 12.6. The number of nitrogen functional groups attached to an aromatic ring is 1. The lowest BCUT2D eigenvalue weighted by atomic mass is 9.91. The van der Waals surface area contributed by atoms with Crippen molar-refractivity contribution in [3.8, 4) is 0 Å². The molecule has 0 aromatic carbocycles. The summed E-state index contributed by atoms with van der Waals surface area (Å²) < 4.78 is 0. The van der Waals surface area contributed by atoms with E-state index in [1.165, 1.54) is 50.5 Å². The molecule has 0 amide bonds. The number of rotatable bonds is 9. The standard InChI is InChI=1S/C15H27N3/c1-3-5-6-7-8-9-10-13(4-2)14-11-12-17-18-15(14)16/h11-13H,3-10H2,1-2H3,(H2,16,18). The Morgan fingerprint density at radius 2 is 1.83 bits per heavy atom. The molecule has 0 aliphatic rings. The summed E-state index contributed by atoms with van der Waals surface area (Å²) >= 11 is 0. The van der Waals surface area contributed by atoms with Gasteiger partial charge < -0.3 is 5.73 Å². The second-order valence-corrected chi connectivity index (χ2v) is 5.03. The van der Waals surface area contributed by atoms with Gasteiger partial charge in [-0.3, -0.25) is 0 Å². The molecule has 1 aromatic heterocycles. The van der Waals surface area contributed by atoms with Gasteiger partial charge in [-0.2, -0.15) is 5.10 Å². The highest BCUT2D eigenvalue weighted by Gasteiger charge is 2.12. The van der Waals surface area contributed by atoms with Gasteiger partial charge in [-0.05, 0) is 24.8 Å². The summed E-state index contributed by atoms with van der Waals surface area (Å²) in [6.07, 6.45) is 12.2. The summed E-state index contributed by atoms with van der Waals surface area (Å²) in [4.78, 5) is 0. The van der Waals surface area contributed by atoms with Crippen molar-refractivity contribution in [2.24, 2.45) is 0 Å². The maximum Gasteiger partial charge on any atom is 0.149 e. The third-order valence-electron chi connectivity index (χ3n) is 3.62. The fourth-order valence-corrected chi connectivity index (χ4v) is 2.45. The first-order valence-corrected chi connectivity index (χ1v) is 7.36. The molecule has 0 saturated carbocycles. The molecular weight excluding hydrogens is 222 g/mol. The van der Waals surface area contributed by atoms with Gasteiger partial charge in [0, 0.05) is 5.56 Å². The molecule has 0 aliphatic carbocycles. The molecule has 1 atom stereocenters. The van der Waals surface area contributed by atoms with Crippen LogP contribution in [0, 0.1) is 0 Å². The fraction of sp³-hybridized carbons (Fsp3) is 0.733. The van der Waals surface area contributed by atoms with E-state index < -0.39 is 0 Å². The maximum atomic E-state index is 5.89. The van der Waals surface area contributed by atoms with Crippen molar-refractivity contribution in [2.45, 2.75) is 71.1 Å². The average Bonchev–Trinajstić information content (AvgIpc) is 2.39. The zero-order valence-corrected chi connectivity index (χ0v) is 11.9. The number of unbranched alkanes of at least 4 members (excludes halogenated alkanes) is 5. The summed E-state index contributed by atoms with van der Waals surface area (Å²) in [5.41, 5.74) is 7.07. The van der Waals surface area contributed by atoms with Crippen LogP contribution < -0.4 is 5.73 Å². The number of aromatic nitrogens is 2. The largest absolute Gasteiger partial charge is 0.382 e. The van der Waals surface area contributed by atoms with Gasteiger partial charge in [0.2, 0.25) is 0 Å². The predicted octanol–water partition coefficient (Wildman–Crippen LogP) is 4.30. The molecule has 0 radical (unpaired) electrons. The molecular formula is C15H27N3. The van der Waals surface area contributed by atoms with Gasteiger partial charge in [0.25, 0.3) is 0 Å².